The maximum absolute atomic E-state index is 12.3. The summed E-state index contributed by atoms with van der Waals surface area (Å²) < 4.78 is 21.5. The van der Waals surface area contributed by atoms with Crippen molar-refractivity contribution in [1.29, 1.82) is 0 Å². The van der Waals surface area contributed by atoms with Gasteiger partial charge in [0.1, 0.15) is 0 Å². The van der Waals surface area contributed by atoms with E-state index in [1.54, 1.807) is 33.5 Å². The molecule has 1 saturated heterocycles. The first kappa shape index (κ1) is 21.5. The van der Waals surface area contributed by atoms with Gasteiger partial charge in [-0.3, -0.25) is 4.79 Å². The highest BCUT2D eigenvalue weighted by atomic mass is 16.5. The molecule has 1 fully saturated rings. The van der Waals surface area contributed by atoms with Gasteiger partial charge in [-0.2, -0.15) is 0 Å². The zero-order valence-electron chi connectivity index (χ0n) is 17.6. The van der Waals surface area contributed by atoms with Crippen molar-refractivity contribution in [2.45, 2.75) is 6.54 Å². The van der Waals surface area contributed by atoms with Crippen molar-refractivity contribution in [1.82, 2.24) is 5.32 Å². The van der Waals surface area contributed by atoms with Gasteiger partial charge in [0.25, 0.3) is 0 Å². The van der Waals surface area contributed by atoms with Crippen LogP contribution in [0.4, 0.5) is 5.69 Å². The molecule has 0 radical (unpaired) electrons. The molecule has 0 unspecified atom stereocenters. The van der Waals surface area contributed by atoms with Crippen LogP contribution in [0.1, 0.15) is 11.1 Å². The van der Waals surface area contributed by atoms with Crippen molar-refractivity contribution < 1.29 is 23.7 Å². The van der Waals surface area contributed by atoms with E-state index in [0.717, 1.165) is 37.4 Å². The Morgan fingerprint density at radius 2 is 1.70 bits per heavy atom. The minimum Gasteiger partial charge on any atom is -0.493 e. The number of benzene rings is 2. The van der Waals surface area contributed by atoms with Crippen LogP contribution in [-0.4, -0.2) is 53.5 Å². The fraction of sp³-hybridized carbons (Fsp3) is 0.348. The molecule has 3 rings (SSSR count). The van der Waals surface area contributed by atoms with E-state index in [-0.39, 0.29) is 5.91 Å². The van der Waals surface area contributed by atoms with Gasteiger partial charge in [-0.05, 0) is 35.9 Å². The molecule has 0 atom stereocenters. The normalized spacial score (nSPS) is 13.9. The van der Waals surface area contributed by atoms with Crippen LogP contribution in [0.15, 0.2) is 42.5 Å². The molecule has 1 N–H and O–H groups in total. The summed E-state index contributed by atoms with van der Waals surface area (Å²) in [5, 5.41) is 2.90. The van der Waals surface area contributed by atoms with Crippen molar-refractivity contribution in [3.05, 3.63) is 53.6 Å². The van der Waals surface area contributed by atoms with Gasteiger partial charge in [-0.15, -0.1) is 0 Å². The van der Waals surface area contributed by atoms with E-state index in [0.29, 0.717) is 23.8 Å². The summed E-state index contributed by atoms with van der Waals surface area (Å²) in [5.41, 5.74) is 2.94. The van der Waals surface area contributed by atoms with Crippen LogP contribution >= 0.6 is 0 Å². The second-order valence-corrected chi connectivity index (χ2v) is 6.74. The van der Waals surface area contributed by atoms with E-state index >= 15 is 0 Å². The first-order valence-corrected chi connectivity index (χ1v) is 9.82. The van der Waals surface area contributed by atoms with E-state index in [9.17, 15) is 4.79 Å². The number of anilines is 1. The highest BCUT2D eigenvalue weighted by molar-refractivity contribution is 5.92. The van der Waals surface area contributed by atoms with Crippen molar-refractivity contribution in [3.8, 4) is 17.2 Å². The predicted molar refractivity (Wildman–Crippen MR) is 116 cm³/mol. The molecule has 0 aromatic heterocycles. The number of hydrogen-bond donors (Lipinski definition) is 1. The Morgan fingerprint density at radius 3 is 2.33 bits per heavy atom. The summed E-state index contributed by atoms with van der Waals surface area (Å²) in [7, 11) is 4.66. The van der Waals surface area contributed by atoms with Crippen LogP contribution in [0.25, 0.3) is 6.08 Å². The average Bonchev–Trinajstić information content (AvgIpc) is 2.81. The lowest BCUT2D eigenvalue weighted by atomic mass is 10.1. The third kappa shape index (κ3) is 5.24. The molecule has 7 heteroatoms. The summed E-state index contributed by atoms with van der Waals surface area (Å²) >= 11 is 0. The Morgan fingerprint density at radius 1 is 1.00 bits per heavy atom. The molecule has 0 bridgehead atoms. The van der Waals surface area contributed by atoms with Gasteiger partial charge >= 0.3 is 0 Å². The topological polar surface area (TPSA) is 69.3 Å². The maximum Gasteiger partial charge on any atom is 0.244 e. The Balaban J connectivity index is 1.58. The Bertz CT molecular complexity index is 874. The SMILES string of the molecule is COc1ccc(/C=C/C(=O)NCc2ccc(N3CCOCC3)cc2)c(OC)c1OC. The van der Waals surface area contributed by atoms with Crippen molar-refractivity contribution in [3.63, 3.8) is 0 Å². The molecule has 0 spiro atoms. The number of hydrogen-bond acceptors (Lipinski definition) is 6. The van der Waals surface area contributed by atoms with E-state index in [1.807, 2.05) is 18.2 Å². The molecular formula is C23H28N2O5. The van der Waals surface area contributed by atoms with Crippen LogP contribution in [0, 0.1) is 0 Å². The van der Waals surface area contributed by atoms with Gasteiger partial charge in [0.15, 0.2) is 11.5 Å². The number of nitrogens with one attached hydrogen (secondary N) is 1. The van der Waals surface area contributed by atoms with E-state index < -0.39 is 0 Å². The van der Waals surface area contributed by atoms with Crippen LogP contribution in [0.5, 0.6) is 17.2 Å². The largest absolute Gasteiger partial charge is 0.493 e. The van der Waals surface area contributed by atoms with Crippen molar-refractivity contribution in [2.24, 2.45) is 0 Å². The summed E-state index contributed by atoms with van der Waals surface area (Å²) in [6, 6.07) is 11.8. The number of methoxy groups -OCH3 is 3. The maximum atomic E-state index is 12.3. The average molecular weight is 412 g/mol. The van der Waals surface area contributed by atoms with Crippen molar-refractivity contribution >= 4 is 17.7 Å². The third-order valence-corrected chi connectivity index (χ3v) is 4.93. The quantitative estimate of drug-likeness (QED) is 0.673. The lowest BCUT2D eigenvalue weighted by molar-refractivity contribution is -0.116. The minimum atomic E-state index is -0.191. The van der Waals surface area contributed by atoms with Crippen molar-refractivity contribution in [2.75, 3.05) is 52.5 Å². The third-order valence-electron chi connectivity index (χ3n) is 4.93. The molecule has 1 amide bonds. The molecule has 0 aliphatic carbocycles. The number of morpholine rings is 1. The molecule has 0 saturated carbocycles. The number of carbonyl (C=O) groups is 1. The summed E-state index contributed by atoms with van der Waals surface area (Å²) in [6.07, 6.45) is 3.17. The number of ether oxygens (including phenoxy) is 4. The Kier molecular flexibility index (Phi) is 7.57. The molecular weight excluding hydrogens is 384 g/mol. The molecule has 1 heterocycles. The molecule has 7 nitrogen and oxygen atoms in total. The summed E-state index contributed by atoms with van der Waals surface area (Å²) in [4.78, 5) is 14.6. The van der Waals surface area contributed by atoms with E-state index in [1.165, 1.54) is 11.8 Å². The van der Waals surface area contributed by atoms with Crippen LogP contribution in [-0.2, 0) is 16.1 Å². The van der Waals surface area contributed by atoms with Crippen LogP contribution < -0.4 is 24.4 Å². The number of carbonyl (C=O) groups excluding carboxylic acids is 1. The summed E-state index contributed by atoms with van der Waals surface area (Å²) in [6.45, 7) is 3.78. The van der Waals surface area contributed by atoms with Gasteiger partial charge < -0.3 is 29.2 Å². The highest BCUT2D eigenvalue weighted by Gasteiger charge is 2.14. The van der Waals surface area contributed by atoms with Gasteiger partial charge in [0, 0.05) is 37.0 Å². The second-order valence-electron chi connectivity index (χ2n) is 6.74. The van der Waals surface area contributed by atoms with Gasteiger partial charge in [0.05, 0.1) is 34.5 Å². The standard InChI is InChI=1S/C23H28N2O5/c1-27-20-10-6-18(22(28-2)23(20)29-3)7-11-21(26)24-16-17-4-8-19(9-5-17)25-12-14-30-15-13-25/h4-11H,12-16H2,1-3H3,(H,24,26)/b11-7+. The molecule has 1 aliphatic rings. The first-order chi connectivity index (χ1) is 14.7. The van der Waals surface area contributed by atoms with Gasteiger partial charge in [-0.25, -0.2) is 0 Å². The van der Waals surface area contributed by atoms with Gasteiger partial charge in [-0.1, -0.05) is 12.1 Å². The molecule has 1 aliphatic heterocycles. The Hall–Kier alpha value is -3.19. The van der Waals surface area contributed by atoms with Crippen LogP contribution in [0.3, 0.4) is 0 Å². The zero-order valence-corrected chi connectivity index (χ0v) is 17.6. The Labute approximate surface area is 177 Å². The molecule has 2 aromatic rings. The number of nitrogens with zero attached hydrogens (tertiary/aromatic N) is 1. The minimum absolute atomic E-state index is 0.191. The zero-order chi connectivity index (χ0) is 21.3. The lowest BCUT2D eigenvalue weighted by Gasteiger charge is -2.28. The number of rotatable bonds is 8. The van der Waals surface area contributed by atoms with Gasteiger partial charge in [0.2, 0.25) is 11.7 Å². The van der Waals surface area contributed by atoms with E-state index in [4.69, 9.17) is 18.9 Å². The second kappa shape index (κ2) is 10.5. The lowest BCUT2D eigenvalue weighted by Crippen LogP contribution is -2.36. The monoisotopic (exact) mass is 412 g/mol. The molecule has 30 heavy (non-hydrogen) atoms. The van der Waals surface area contributed by atoms with E-state index in [2.05, 4.69) is 22.3 Å². The molecule has 160 valence electrons. The molecule has 2 aromatic carbocycles. The highest BCUT2D eigenvalue weighted by Crippen LogP contribution is 2.40. The fourth-order valence-corrected chi connectivity index (χ4v) is 3.32. The fourth-order valence-electron chi connectivity index (χ4n) is 3.32. The van der Waals surface area contributed by atoms with Crippen LogP contribution in [0.2, 0.25) is 0 Å². The predicted octanol–water partition coefficient (Wildman–Crippen LogP) is 2.88. The summed E-state index contributed by atoms with van der Waals surface area (Å²) in [5.74, 6) is 1.38. The first-order valence-electron chi connectivity index (χ1n) is 9.82. The smallest absolute Gasteiger partial charge is 0.244 e. The number of amides is 1.